The van der Waals surface area contributed by atoms with Gasteiger partial charge in [0.25, 0.3) is 0 Å². The Morgan fingerprint density at radius 3 is 2.85 bits per heavy atom. The van der Waals surface area contributed by atoms with Gasteiger partial charge in [0.2, 0.25) is 0 Å². The number of aromatic nitrogens is 2. The maximum Gasteiger partial charge on any atom is 0.326 e. The fourth-order valence-electron chi connectivity index (χ4n) is 1.65. The number of carboxylic acid groups (broad SMARTS) is 1. The summed E-state index contributed by atoms with van der Waals surface area (Å²) in [6.45, 7) is 0.431. The summed E-state index contributed by atoms with van der Waals surface area (Å²) in [5.74, 6) is -0.326. The van der Waals surface area contributed by atoms with Crippen molar-refractivity contribution in [2.24, 2.45) is 7.05 Å². The Kier molecular flexibility index (Phi) is 6.92. The van der Waals surface area contributed by atoms with Crippen LogP contribution in [-0.2, 0) is 18.3 Å². The normalized spacial score (nSPS) is 11.9. The number of carbonyl (C=O) groups excluding carboxylic acids is 1. The molecule has 1 rings (SSSR count). The van der Waals surface area contributed by atoms with Gasteiger partial charge in [-0.15, -0.1) is 0 Å². The Hall–Kier alpha value is -1.70. The average Bonchev–Trinajstić information content (AvgIpc) is 2.80. The highest BCUT2D eigenvalue weighted by Crippen LogP contribution is 2.01. The summed E-state index contributed by atoms with van der Waals surface area (Å²) < 4.78 is 1.73. The van der Waals surface area contributed by atoms with E-state index in [0.29, 0.717) is 25.1 Å². The first kappa shape index (κ1) is 16.4. The third kappa shape index (κ3) is 5.52. The van der Waals surface area contributed by atoms with E-state index in [2.05, 4.69) is 15.7 Å². The molecule has 20 heavy (non-hydrogen) atoms. The smallest absolute Gasteiger partial charge is 0.326 e. The summed E-state index contributed by atoms with van der Waals surface area (Å²) in [4.78, 5) is 22.6. The number of aliphatic carboxylic acids is 1. The minimum atomic E-state index is -1.01. The molecule has 1 atom stereocenters. The van der Waals surface area contributed by atoms with E-state index >= 15 is 0 Å². The molecule has 2 amide bonds. The van der Waals surface area contributed by atoms with Crippen molar-refractivity contribution in [2.45, 2.75) is 18.9 Å². The summed E-state index contributed by atoms with van der Waals surface area (Å²) in [6, 6.07) is 0.567. The highest BCUT2D eigenvalue weighted by Gasteiger charge is 2.18. The topological polar surface area (TPSA) is 96.3 Å². The second kappa shape index (κ2) is 8.47. The van der Waals surface area contributed by atoms with Crippen LogP contribution in [0.1, 0.15) is 12.1 Å². The van der Waals surface area contributed by atoms with E-state index in [-0.39, 0.29) is 0 Å². The molecule has 0 aliphatic heterocycles. The lowest BCUT2D eigenvalue weighted by molar-refractivity contribution is -0.139. The van der Waals surface area contributed by atoms with Gasteiger partial charge in [-0.25, -0.2) is 9.59 Å². The lowest BCUT2D eigenvalue weighted by Gasteiger charge is -2.14. The van der Waals surface area contributed by atoms with E-state index in [1.165, 1.54) is 0 Å². The molecular weight excluding hydrogens is 280 g/mol. The SMILES string of the molecule is CSCCC(NC(=O)NCCc1ccnn1C)C(=O)O. The number of nitrogens with zero attached hydrogens (tertiary/aromatic N) is 2. The van der Waals surface area contributed by atoms with E-state index in [1.54, 1.807) is 22.6 Å². The number of amides is 2. The number of thioether (sulfide) groups is 1. The number of carboxylic acids is 1. The number of aryl methyl sites for hydroxylation is 1. The summed E-state index contributed by atoms with van der Waals surface area (Å²) >= 11 is 1.55. The summed E-state index contributed by atoms with van der Waals surface area (Å²) in [5, 5.41) is 18.1. The van der Waals surface area contributed by atoms with Crippen molar-refractivity contribution in [3.63, 3.8) is 0 Å². The molecule has 0 saturated heterocycles. The number of hydrogen-bond acceptors (Lipinski definition) is 4. The fourth-order valence-corrected chi connectivity index (χ4v) is 2.12. The molecule has 0 spiro atoms. The van der Waals surface area contributed by atoms with Gasteiger partial charge >= 0.3 is 12.0 Å². The van der Waals surface area contributed by atoms with Crippen LogP contribution in [0.15, 0.2) is 12.3 Å². The zero-order valence-corrected chi connectivity index (χ0v) is 12.4. The quantitative estimate of drug-likeness (QED) is 0.648. The lowest BCUT2D eigenvalue weighted by atomic mass is 10.2. The van der Waals surface area contributed by atoms with Gasteiger partial charge in [0, 0.05) is 31.9 Å². The van der Waals surface area contributed by atoms with E-state index < -0.39 is 18.0 Å². The molecule has 1 aromatic heterocycles. The van der Waals surface area contributed by atoms with E-state index in [9.17, 15) is 9.59 Å². The summed E-state index contributed by atoms with van der Waals surface area (Å²) in [7, 11) is 1.83. The highest BCUT2D eigenvalue weighted by molar-refractivity contribution is 7.98. The Bertz CT molecular complexity index is 450. The Labute approximate surface area is 122 Å². The van der Waals surface area contributed by atoms with Crippen LogP contribution in [0, 0.1) is 0 Å². The van der Waals surface area contributed by atoms with Crippen molar-refractivity contribution in [1.82, 2.24) is 20.4 Å². The van der Waals surface area contributed by atoms with Crippen LogP contribution in [0.3, 0.4) is 0 Å². The Morgan fingerprint density at radius 2 is 2.30 bits per heavy atom. The largest absolute Gasteiger partial charge is 0.480 e. The van der Waals surface area contributed by atoms with Gasteiger partial charge in [0.1, 0.15) is 6.04 Å². The van der Waals surface area contributed by atoms with Crippen LogP contribution in [0.2, 0.25) is 0 Å². The van der Waals surface area contributed by atoms with Gasteiger partial charge in [0.15, 0.2) is 0 Å². The molecular formula is C12H20N4O3S. The number of hydrogen-bond donors (Lipinski definition) is 3. The summed E-state index contributed by atoms with van der Waals surface area (Å²) in [6.07, 6.45) is 4.64. The number of urea groups is 1. The average molecular weight is 300 g/mol. The molecule has 7 nitrogen and oxygen atoms in total. The third-order valence-corrected chi connectivity index (χ3v) is 3.45. The second-order valence-corrected chi connectivity index (χ2v) is 5.25. The highest BCUT2D eigenvalue weighted by atomic mass is 32.2. The molecule has 0 aliphatic carbocycles. The molecule has 1 unspecified atom stereocenters. The Morgan fingerprint density at radius 1 is 1.55 bits per heavy atom. The third-order valence-electron chi connectivity index (χ3n) is 2.80. The first-order chi connectivity index (χ1) is 9.54. The van der Waals surface area contributed by atoms with E-state index in [1.807, 2.05) is 19.4 Å². The zero-order valence-electron chi connectivity index (χ0n) is 11.6. The molecule has 3 N–H and O–H groups in total. The molecule has 0 aromatic carbocycles. The van der Waals surface area contributed by atoms with Crippen LogP contribution in [-0.4, -0.2) is 51.5 Å². The molecule has 0 aliphatic rings. The second-order valence-electron chi connectivity index (χ2n) is 4.27. The number of carbonyl (C=O) groups is 2. The number of rotatable bonds is 8. The van der Waals surface area contributed by atoms with E-state index in [4.69, 9.17) is 5.11 Å². The Balaban J connectivity index is 2.31. The van der Waals surface area contributed by atoms with Crippen LogP contribution in [0.4, 0.5) is 4.79 Å². The minimum Gasteiger partial charge on any atom is -0.480 e. The first-order valence-electron chi connectivity index (χ1n) is 6.27. The van der Waals surface area contributed by atoms with Crippen LogP contribution >= 0.6 is 11.8 Å². The van der Waals surface area contributed by atoms with Crippen molar-refractivity contribution in [2.75, 3.05) is 18.6 Å². The lowest BCUT2D eigenvalue weighted by Crippen LogP contribution is -2.46. The molecule has 0 bridgehead atoms. The molecule has 0 radical (unpaired) electrons. The molecule has 112 valence electrons. The molecule has 0 fully saturated rings. The predicted octanol–water partition coefficient (Wildman–Crippen LogP) is 0.468. The monoisotopic (exact) mass is 300 g/mol. The summed E-state index contributed by atoms with van der Waals surface area (Å²) in [5.41, 5.74) is 1.00. The van der Waals surface area contributed by atoms with Gasteiger partial charge in [-0.05, 0) is 24.5 Å². The predicted molar refractivity (Wildman–Crippen MR) is 77.9 cm³/mol. The van der Waals surface area contributed by atoms with Crippen molar-refractivity contribution >= 4 is 23.8 Å². The minimum absolute atomic E-state index is 0.408. The maximum absolute atomic E-state index is 11.6. The fraction of sp³-hybridized carbons (Fsp3) is 0.583. The molecule has 0 saturated carbocycles. The van der Waals surface area contributed by atoms with Gasteiger partial charge in [-0.1, -0.05) is 0 Å². The maximum atomic E-state index is 11.6. The van der Waals surface area contributed by atoms with E-state index in [0.717, 1.165) is 5.69 Å². The van der Waals surface area contributed by atoms with Crippen molar-refractivity contribution < 1.29 is 14.7 Å². The molecule has 1 aromatic rings. The van der Waals surface area contributed by atoms with Crippen molar-refractivity contribution in [3.05, 3.63) is 18.0 Å². The molecule has 8 heteroatoms. The van der Waals surface area contributed by atoms with Gasteiger partial charge in [0.05, 0.1) is 0 Å². The molecule has 1 heterocycles. The van der Waals surface area contributed by atoms with Gasteiger partial charge < -0.3 is 15.7 Å². The van der Waals surface area contributed by atoms with Crippen LogP contribution in [0.5, 0.6) is 0 Å². The van der Waals surface area contributed by atoms with Gasteiger partial charge in [-0.2, -0.15) is 16.9 Å². The van der Waals surface area contributed by atoms with Crippen LogP contribution in [0.25, 0.3) is 0 Å². The first-order valence-corrected chi connectivity index (χ1v) is 7.67. The number of nitrogens with one attached hydrogen (secondary N) is 2. The zero-order chi connectivity index (χ0) is 15.0. The van der Waals surface area contributed by atoms with Crippen molar-refractivity contribution in [1.29, 1.82) is 0 Å². The van der Waals surface area contributed by atoms with Gasteiger partial charge in [-0.3, -0.25) is 4.68 Å². The van der Waals surface area contributed by atoms with Crippen LogP contribution < -0.4 is 10.6 Å². The standard InChI is InChI=1S/C12H20N4O3S/c1-16-9(4-7-14-16)3-6-13-12(19)15-10(11(17)18)5-8-20-2/h4,7,10H,3,5-6,8H2,1-2H3,(H,17,18)(H2,13,15,19). The van der Waals surface area contributed by atoms with Crippen molar-refractivity contribution in [3.8, 4) is 0 Å².